The van der Waals surface area contributed by atoms with Gasteiger partial charge in [-0.25, -0.2) is 4.39 Å². The summed E-state index contributed by atoms with van der Waals surface area (Å²) in [7, 11) is 1.41. The quantitative estimate of drug-likeness (QED) is 0.803. The molecule has 1 fully saturated rings. The molecular weight excluding hydrogens is 281 g/mol. The highest BCUT2D eigenvalue weighted by atomic mass is 19.1. The molecule has 4 heteroatoms. The fraction of sp³-hybridized carbons (Fsp3) is 0.444. The van der Waals surface area contributed by atoms with Crippen LogP contribution in [0.3, 0.4) is 0 Å². The van der Waals surface area contributed by atoms with E-state index in [1.54, 1.807) is 13.0 Å². The number of hydrogen-bond donors (Lipinski definition) is 0. The molecule has 1 saturated carbocycles. The Kier molecular flexibility index (Phi) is 3.85. The fourth-order valence-electron chi connectivity index (χ4n) is 3.83. The number of rotatable bonds is 3. The highest BCUT2D eigenvalue weighted by Crippen LogP contribution is 2.48. The summed E-state index contributed by atoms with van der Waals surface area (Å²) < 4.78 is 19.1. The molecule has 22 heavy (non-hydrogen) atoms. The average molecular weight is 301 g/mol. The monoisotopic (exact) mass is 301 g/mol. The molecule has 0 spiro atoms. The molecule has 116 valence electrons. The van der Waals surface area contributed by atoms with Crippen LogP contribution in [0.5, 0.6) is 0 Å². The van der Waals surface area contributed by atoms with Crippen molar-refractivity contribution in [2.75, 3.05) is 13.7 Å². The van der Waals surface area contributed by atoms with E-state index in [1.165, 1.54) is 18.7 Å². The summed E-state index contributed by atoms with van der Waals surface area (Å²) in [6.07, 6.45) is 6.23. The maximum absolute atomic E-state index is 14.0. The second-order valence-corrected chi connectivity index (χ2v) is 6.12. The highest BCUT2D eigenvalue weighted by molar-refractivity contribution is 5.86. The maximum atomic E-state index is 14.0. The smallest absolute Gasteiger partial charge is 0.316 e. The third-order valence-electron chi connectivity index (χ3n) is 5.02. The van der Waals surface area contributed by atoms with Gasteiger partial charge in [0.05, 0.1) is 19.1 Å². The lowest BCUT2D eigenvalue weighted by atomic mass is 9.75. The number of allylic oxidation sites excluding steroid dienone is 1. The van der Waals surface area contributed by atoms with Gasteiger partial charge in [-0.05, 0) is 54.9 Å². The lowest BCUT2D eigenvalue weighted by Crippen LogP contribution is -2.35. The van der Waals surface area contributed by atoms with Gasteiger partial charge in [0.15, 0.2) is 0 Å². The topological polar surface area (TPSA) is 38.7 Å². The van der Waals surface area contributed by atoms with E-state index in [0.29, 0.717) is 18.4 Å². The Morgan fingerprint density at radius 2 is 2.27 bits per heavy atom. The Morgan fingerprint density at radius 1 is 1.45 bits per heavy atom. The summed E-state index contributed by atoms with van der Waals surface area (Å²) in [5.41, 5.74) is 1.75. The van der Waals surface area contributed by atoms with Gasteiger partial charge in [0.2, 0.25) is 0 Å². The molecule has 1 aliphatic heterocycles. The molecule has 1 unspecified atom stereocenters. The summed E-state index contributed by atoms with van der Waals surface area (Å²) in [6, 6.07) is 4.96. The number of carbonyl (C=O) groups excluding carboxylic acids is 1. The first kappa shape index (κ1) is 14.9. The van der Waals surface area contributed by atoms with Crippen LogP contribution < -0.4 is 0 Å². The molecule has 1 aromatic carbocycles. The minimum atomic E-state index is -0.747. The summed E-state index contributed by atoms with van der Waals surface area (Å²) in [4.78, 5) is 16.8. The molecule has 0 radical (unpaired) electrons. The molecule has 0 N–H and O–H groups in total. The van der Waals surface area contributed by atoms with Crippen LogP contribution in [0.1, 0.15) is 30.4 Å². The zero-order valence-corrected chi connectivity index (χ0v) is 12.9. The van der Waals surface area contributed by atoms with Gasteiger partial charge in [0.1, 0.15) is 5.82 Å². The predicted octanol–water partition coefficient (Wildman–Crippen LogP) is 3.36. The molecule has 0 aromatic heterocycles. The first-order valence-electron chi connectivity index (χ1n) is 7.62. The zero-order chi connectivity index (χ0) is 15.7. The van der Waals surface area contributed by atoms with Crippen LogP contribution in [-0.4, -0.2) is 25.8 Å². The summed E-state index contributed by atoms with van der Waals surface area (Å²) in [5.74, 6) is -0.252. The van der Waals surface area contributed by atoms with Crippen molar-refractivity contribution in [2.24, 2.45) is 10.9 Å². The first-order valence-corrected chi connectivity index (χ1v) is 7.62. The zero-order valence-electron chi connectivity index (χ0n) is 12.9. The first-order chi connectivity index (χ1) is 10.6. The maximum Gasteiger partial charge on any atom is 0.316 e. The van der Waals surface area contributed by atoms with Gasteiger partial charge in [0.25, 0.3) is 0 Å². The van der Waals surface area contributed by atoms with Crippen LogP contribution in [0.2, 0.25) is 0 Å². The van der Waals surface area contributed by atoms with Gasteiger partial charge in [-0.2, -0.15) is 0 Å². The number of carbonyl (C=O) groups is 1. The molecule has 1 aromatic rings. The van der Waals surface area contributed by atoms with E-state index < -0.39 is 5.41 Å². The Bertz CT molecular complexity index is 665. The summed E-state index contributed by atoms with van der Waals surface area (Å²) in [5, 5.41) is 0. The van der Waals surface area contributed by atoms with Crippen LogP contribution in [0.25, 0.3) is 0 Å². The molecule has 0 saturated heterocycles. The number of esters is 1. The van der Waals surface area contributed by atoms with Gasteiger partial charge in [-0.15, -0.1) is 0 Å². The number of halogens is 1. The molecule has 2 aliphatic rings. The Labute approximate surface area is 129 Å². The van der Waals surface area contributed by atoms with Crippen LogP contribution >= 0.6 is 0 Å². The number of ether oxygens (including phenoxy) is 1. The van der Waals surface area contributed by atoms with Gasteiger partial charge < -0.3 is 4.74 Å². The van der Waals surface area contributed by atoms with E-state index in [4.69, 9.17) is 4.74 Å². The SMILES string of the molecule is COC(=O)[C@@]1(c2cccc(F)c2C)CCC(C2=CCN=C2)C1. The van der Waals surface area contributed by atoms with Crippen molar-refractivity contribution in [1.82, 2.24) is 0 Å². The minimum absolute atomic E-state index is 0.265. The third-order valence-corrected chi connectivity index (χ3v) is 5.02. The van der Waals surface area contributed by atoms with Gasteiger partial charge in [-0.3, -0.25) is 9.79 Å². The number of benzene rings is 1. The van der Waals surface area contributed by atoms with Crippen molar-refractivity contribution in [1.29, 1.82) is 0 Å². The van der Waals surface area contributed by atoms with Crippen LogP contribution in [0.4, 0.5) is 4.39 Å². The third kappa shape index (κ3) is 2.27. The molecule has 0 amide bonds. The van der Waals surface area contributed by atoms with E-state index in [9.17, 15) is 9.18 Å². The second kappa shape index (κ2) is 5.67. The fourth-order valence-corrected chi connectivity index (χ4v) is 3.83. The standard InChI is InChI=1S/C18H20FNO2/c1-12-15(4-3-5-16(12)19)18(17(21)22-2)8-6-13(10-18)14-7-9-20-11-14/h3-5,7,11,13H,6,8-10H2,1-2H3/t13?,18-/m0/s1. The number of aliphatic imine (C=N–C) groups is 1. The lowest BCUT2D eigenvalue weighted by molar-refractivity contribution is -0.147. The minimum Gasteiger partial charge on any atom is -0.468 e. The molecule has 0 bridgehead atoms. The van der Waals surface area contributed by atoms with Crippen molar-refractivity contribution in [3.63, 3.8) is 0 Å². The van der Waals surface area contributed by atoms with Crippen molar-refractivity contribution >= 4 is 12.2 Å². The Morgan fingerprint density at radius 3 is 2.95 bits per heavy atom. The molecular formula is C18H20FNO2. The largest absolute Gasteiger partial charge is 0.468 e. The van der Waals surface area contributed by atoms with Crippen molar-refractivity contribution in [3.05, 3.63) is 46.8 Å². The number of methoxy groups -OCH3 is 1. The van der Waals surface area contributed by atoms with Crippen molar-refractivity contribution < 1.29 is 13.9 Å². The second-order valence-electron chi connectivity index (χ2n) is 6.12. The van der Waals surface area contributed by atoms with E-state index >= 15 is 0 Å². The molecule has 3 nitrogen and oxygen atoms in total. The number of nitrogens with zero attached hydrogens (tertiary/aromatic N) is 1. The number of hydrogen-bond acceptors (Lipinski definition) is 3. The van der Waals surface area contributed by atoms with E-state index in [0.717, 1.165) is 18.5 Å². The highest BCUT2D eigenvalue weighted by Gasteiger charge is 2.49. The normalized spacial score (nSPS) is 27.0. The van der Waals surface area contributed by atoms with Crippen molar-refractivity contribution in [3.8, 4) is 0 Å². The van der Waals surface area contributed by atoms with E-state index in [2.05, 4.69) is 11.1 Å². The predicted molar refractivity (Wildman–Crippen MR) is 83.6 cm³/mol. The average Bonchev–Trinajstić information content (AvgIpc) is 3.18. The summed E-state index contributed by atoms with van der Waals surface area (Å²) >= 11 is 0. The van der Waals surface area contributed by atoms with E-state index in [1.807, 2.05) is 12.3 Å². The van der Waals surface area contributed by atoms with E-state index in [-0.39, 0.29) is 17.7 Å². The molecule has 1 heterocycles. The summed E-state index contributed by atoms with van der Waals surface area (Å²) in [6.45, 7) is 2.45. The van der Waals surface area contributed by atoms with Crippen LogP contribution in [0, 0.1) is 18.7 Å². The Balaban J connectivity index is 2.02. The Hall–Kier alpha value is -1.97. The lowest BCUT2D eigenvalue weighted by Gasteiger charge is -2.29. The molecule has 1 aliphatic carbocycles. The molecule has 3 rings (SSSR count). The van der Waals surface area contributed by atoms with Crippen LogP contribution in [-0.2, 0) is 14.9 Å². The molecule has 2 atom stereocenters. The van der Waals surface area contributed by atoms with Crippen molar-refractivity contribution in [2.45, 2.75) is 31.6 Å². The van der Waals surface area contributed by atoms with Gasteiger partial charge in [-0.1, -0.05) is 18.2 Å². The van der Waals surface area contributed by atoms with Gasteiger partial charge >= 0.3 is 5.97 Å². The van der Waals surface area contributed by atoms with Crippen LogP contribution in [0.15, 0.2) is 34.8 Å². The van der Waals surface area contributed by atoms with Gasteiger partial charge in [0, 0.05) is 6.21 Å².